The van der Waals surface area contributed by atoms with Crippen LogP contribution >= 0.6 is 22.7 Å². The molecule has 1 aliphatic rings. The second-order valence-corrected chi connectivity index (χ2v) is 9.19. The number of hydrogen-bond acceptors (Lipinski definition) is 5. The highest BCUT2D eigenvalue weighted by molar-refractivity contribution is 7.20. The standard InChI is InChI=1S/C22H23N3O2S2/c26-19(23-14-17-15-29-21(24-17)18-7-4-12-28-18)8-10-22(11-9-20(27)25-22)13-16-5-2-1-3-6-16/h1-7,12,15H,8-11,13-14H2,(H,23,26)(H,25,27). The molecule has 29 heavy (non-hydrogen) atoms. The average Bonchev–Trinajstić information content (AvgIpc) is 3.47. The van der Waals surface area contributed by atoms with E-state index in [0.717, 1.165) is 28.4 Å². The molecule has 0 saturated carbocycles. The molecule has 5 nitrogen and oxygen atoms in total. The third-order valence-corrected chi connectivity index (χ3v) is 7.13. The number of carbonyl (C=O) groups excluding carboxylic acids is 2. The van der Waals surface area contributed by atoms with Gasteiger partial charge in [-0.2, -0.15) is 0 Å². The van der Waals surface area contributed by atoms with Crippen molar-refractivity contribution in [3.8, 4) is 9.88 Å². The van der Waals surface area contributed by atoms with Crippen LogP contribution in [-0.4, -0.2) is 22.3 Å². The summed E-state index contributed by atoms with van der Waals surface area (Å²) in [5.74, 6) is 0.0641. The minimum atomic E-state index is -0.331. The van der Waals surface area contributed by atoms with E-state index in [9.17, 15) is 9.59 Å². The maximum atomic E-state index is 12.4. The first kappa shape index (κ1) is 19.8. The van der Waals surface area contributed by atoms with Gasteiger partial charge in [-0.1, -0.05) is 36.4 Å². The normalized spacial score (nSPS) is 18.6. The minimum absolute atomic E-state index is 0.00995. The van der Waals surface area contributed by atoms with Crippen LogP contribution in [0.25, 0.3) is 9.88 Å². The molecule has 2 amide bonds. The number of aromatic nitrogens is 1. The zero-order chi connectivity index (χ0) is 20.1. The monoisotopic (exact) mass is 425 g/mol. The van der Waals surface area contributed by atoms with Gasteiger partial charge in [-0.05, 0) is 36.3 Å². The highest BCUT2D eigenvalue weighted by Crippen LogP contribution is 2.30. The second kappa shape index (κ2) is 8.88. The van der Waals surface area contributed by atoms with E-state index < -0.39 is 0 Å². The van der Waals surface area contributed by atoms with Crippen molar-refractivity contribution >= 4 is 34.5 Å². The largest absolute Gasteiger partial charge is 0.350 e. The van der Waals surface area contributed by atoms with Crippen LogP contribution in [0.1, 0.15) is 36.9 Å². The Kier molecular flexibility index (Phi) is 6.06. The smallest absolute Gasteiger partial charge is 0.220 e. The van der Waals surface area contributed by atoms with Crippen LogP contribution in [0.5, 0.6) is 0 Å². The Morgan fingerprint density at radius 1 is 1.17 bits per heavy atom. The summed E-state index contributed by atoms with van der Waals surface area (Å²) in [6, 6.07) is 14.2. The number of thiazole rings is 1. The third-order valence-electron chi connectivity index (χ3n) is 5.20. The van der Waals surface area contributed by atoms with Crippen LogP contribution < -0.4 is 10.6 Å². The van der Waals surface area contributed by atoms with Crippen molar-refractivity contribution < 1.29 is 9.59 Å². The van der Waals surface area contributed by atoms with Gasteiger partial charge in [0.1, 0.15) is 5.01 Å². The lowest BCUT2D eigenvalue weighted by molar-refractivity contribution is -0.122. The first-order chi connectivity index (χ1) is 14.1. The van der Waals surface area contributed by atoms with E-state index >= 15 is 0 Å². The van der Waals surface area contributed by atoms with E-state index in [-0.39, 0.29) is 17.4 Å². The fourth-order valence-corrected chi connectivity index (χ4v) is 5.33. The Morgan fingerprint density at radius 3 is 2.76 bits per heavy atom. The van der Waals surface area contributed by atoms with Gasteiger partial charge in [0.15, 0.2) is 0 Å². The van der Waals surface area contributed by atoms with Crippen molar-refractivity contribution in [1.29, 1.82) is 0 Å². The topological polar surface area (TPSA) is 71.1 Å². The van der Waals surface area contributed by atoms with Crippen molar-refractivity contribution in [2.75, 3.05) is 0 Å². The zero-order valence-corrected chi connectivity index (χ0v) is 17.7. The zero-order valence-electron chi connectivity index (χ0n) is 16.0. The molecule has 0 spiro atoms. The Hall–Kier alpha value is -2.51. The summed E-state index contributed by atoms with van der Waals surface area (Å²) in [7, 11) is 0. The molecule has 1 saturated heterocycles. The van der Waals surface area contributed by atoms with Crippen LogP contribution in [0, 0.1) is 0 Å². The van der Waals surface area contributed by atoms with Crippen LogP contribution in [0.4, 0.5) is 0 Å². The van der Waals surface area contributed by atoms with Gasteiger partial charge in [-0.15, -0.1) is 22.7 Å². The number of hydrogen-bond donors (Lipinski definition) is 2. The average molecular weight is 426 g/mol. The molecule has 1 aliphatic heterocycles. The Labute approximate surface area is 178 Å². The van der Waals surface area contributed by atoms with Crippen LogP contribution in [0.15, 0.2) is 53.2 Å². The van der Waals surface area contributed by atoms with E-state index in [2.05, 4.69) is 27.8 Å². The molecule has 4 rings (SSSR count). The summed E-state index contributed by atoms with van der Waals surface area (Å²) >= 11 is 3.26. The molecule has 1 atom stereocenters. The van der Waals surface area contributed by atoms with E-state index in [0.29, 0.717) is 25.8 Å². The maximum absolute atomic E-state index is 12.4. The van der Waals surface area contributed by atoms with Gasteiger partial charge in [0.2, 0.25) is 11.8 Å². The summed E-state index contributed by atoms with van der Waals surface area (Å²) in [5.41, 5.74) is 1.72. The molecule has 0 aliphatic carbocycles. The Balaban J connectivity index is 1.31. The van der Waals surface area contributed by atoms with Gasteiger partial charge in [-0.25, -0.2) is 4.98 Å². The van der Waals surface area contributed by atoms with Crippen molar-refractivity contribution in [3.05, 3.63) is 64.5 Å². The molecule has 1 aromatic carbocycles. The summed E-state index contributed by atoms with van der Waals surface area (Å²) in [6.07, 6.45) is 3.07. The molecule has 7 heteroatoms. The minimum Gasteiger partial charge on any atom is -0.350 e. The lowest BCUT2D eigenvalue weighted by Gasteiger charge is -2.29. The first-order valence-electron chi connectivity index (χ1n) is 9.72. The van der Waals surface area contributed by atoms with Crippen LogP contribution in [-0.2, 0) is 22.6 Å². The predicted molar refractivity (Wildman–Crippen MR) is 117 cm³/mol. The number of thiophene rings is 1. The Bertz CT molecular complexity index is 969. The lowest BCUT2D eigenvalue weighted by Crippen LogP contribution is -2.44. The molecule has 3 aromatic rings. The number of nitrogens with one attached hydrogen (secondary N) is 2. The van der Waals surface area contributed by atoms with Crippen molar-refractivity contribution in [2.24, 2.45) is 0 Å². The fraction of sp³-hybridized carbons (Fsp3) is 0.318. The highest BCUT2D eigenvalue weighted by atomic mass is 32.1. The fourth-order valence-electron chi connectivity index (χ4n) is 3.70. The summed E-state index contributed by atoms with van der Waals surface area (Å²) < 4.78 is 0. The number of amides is 2. The van der Waals surface area contributed by atoms with Gasteiger partial charge in [0, 0.05) is 23.8 Å². The van der Waals surface area contributed by atoms with Gasteiger partial charge in [0.05, 0.1) is 17.1 Å². The van der Waals surface area contributed by atoms with Crippen LogP contribution in [0.2, 0.25) is 0 Å². The molecule has 1 unspecified atom stereocenters. The summed E-state index contributed by atoms with van der Waals surface area (Å²) in [6.45, 7) is 0.429. The molecule has 2 aromatic heterocycles. The van der Waals surface area contributed by atoms with Gasteiger partial charge < -0.3 is 10.6 Å². The van der Waals surface area contributed by atoms with Crippen molar-refractivity contribution in [2.45, 2.75) is 44.2 Å². The molecule has 1 fully saturated rings. The number of benzene rings is 1. The van der Waals surface area contributed by atoms with E-state index in [1.54, 1.807) is 22.7 Å². The summed E-state index contributed by atoms with van der Waals surface area (Å²) in [4.78, 5) is 30.1. The molecular formula is C22H23N3O2S2. The van der Waals surface area contributed by atoms with Crippen molar-refractivity contribution in [3.63, 3.8) is 0 Å². The first-order valence-corrected chi connectivity index (χ1v) is 11.5. The van der Waals surface area contributed by atoms with E-state index in [1.165, 1.54) is 5.56 Å². The number of nitrogens with zero attached hydrogens (tertiary/aromatic N) is 1. The molecule has 0 bridgehead atoms. The van der Waals surface area contributed by atoms with E-state index in [4.69, 9.17) is 0 Å². The highest BCUT2D eigenvalue weighted by Gasteiger charge is 2.37. The molecule has 150 valence electrons. The van der Waals surface area contributed by atoms with E-state index in [1.807, 2.05) is 41.1 Å². The van der Waals surface area contributed by atoms with Crippen molar-refractivity contribution in [1.82, 2.24) is 15.6 Å². The van der Waals surface area contributed by atoms with Crippen LogP contribution in [0.3, 0.4) is 0 Å². The predicted octanol–water partition coefficient (Wildman–Crippen LogP) is 4.16. The second-order valence-electron chi connectivity index (χ2n) is 7.39. The summed E-state index contributed by atoms with van der Waals surface area (Å²) in [5, 5.41) is 11.1. The third kappa shape index (κ3) is 5.10. The SMILES string of the molecule is O=C(CCC1(Cc2ccccc2)CCC(=O)N1)NCc1csc(-c2cccs2)n1. The molecular weight excluding hydrogens is 402 g/mol. The van der Waals surface area contributed by atoms with Gasteiger partial charge in [-0.3, -0.25) is 9.59 Å². The van der Waals surface area contributed by atoms with Gasteiger partial charge in [0.25, 0.3) is 0 Å². The van der Waals surface area contributed by atoms with Gasteiger partial charge >= 0.3 is 0 Å². The lowest BCUT2D eigenvalue weighted by atomic mass is 9.85. The Morgan fingerprint density at radius 2 is 2.03 bits per heavy atom. The molecule has 0 radical (unpaired) electrons. The number of rotatable bonds is 8. The molecule has 2 N–H and O–H groups in total. The quantitative estimate of drug-likeness (QED) is 0.569. The maximum Gasteiger partial charge on any atom is 0.220 e. The number of carbonyl (C=O) groups is 2. The molecule has 3 heterocycles.